The number of hydrogen-bond donors (Lipinski definition) is 0. The standard InChI is InChI=1S/C54H72N2/c1-4-13-37(14-5-1)40-23-28-45(29-24-40)55-51-22-11-10-21-47(51)48-35-43(26-31-52(48)55)44-27-32-54-50(36-44)49-34-42(39-17-8-3-9-18-39)25-30-53(49)56(54)46-20-12-19-41(33-46)38-15-6-2-7-16-38/h1,3-4,8,10,19,21,23,25,30,33-34,36-39,43,45,47-54H,2,5-7,9,11-18,20,22,24,26-29,31-32,35H2. The van der Waals surface area contributed by atoms with E-state index in [4.69, 9.17) is 0 Å². The molecule has 11 aliphatic rings. The van der Waals surface area contributed by atoms with Gasteiger partial charge in [-0.2, -0.15) is 0 Å². The van der Waals surface area contributed by atoms with Crippen LogP contribution in [0.4, 0.5) is 0 Å². The predicted molar refractivity (Wildman–Crippen MR) is 234 cm³/mol. The largest absolute Gasteiger partial charge is 0.364 e. The summed E-state index contributed by atoms with van der Waals surface area (Å²) < 4.78 is 0. The van der Waals surface area contributed by atoms with Crippen molar-refractivity contribution in [2.75, 3.05) is 0 Å². The van der Waals surface area contributed by atoms with Crippen LogP contribution in [0.15, 0.2) is 107 Å². The van der Waals surface area contributed by atoms with Gasteiger partial charge >= 0.3 is 0 Å². The molecule has 2 aliphatic heterocycles. The molecule has 2 saturated heterocycles. The van der Waals surface area contributed by atoms with Gasteiger partial charge in [-0.1, -0.05) is 103 Å². The Morgan fingerprint density at radius 1 is 0.500 bits per heavy atom. The average molecular weight is 749 g/mol. The highest BCUT2D eigenvalue weighted by molar-refractivity contribution is 5.40. The minimum atomic E-state index is 0.535. The van der Waals surface area contributed by atoms with Crippen LogP contribution in [0.2, 0.25) is 0 Å². The molecule has 0 aromatic rings. The van der Waals surface area contributed by atoms with Crippen molar-refractivity contribution < 1.29 is 0 Å². The first kappa shape index (κ1) is 36.5. The topological polar surface area (TPSA) is 6.48 Å². The van der Waals surface area contributed by atoms with E-state index >= 15 is 0 Å². The summed E-state index contributed by atoms with van der Waals surface area (Å²) in [5, 5.41) is 0. The monoisotopic (exact) mass is 749 g/mol. The fraction of sp³-hybridized carbons (Fsp3) is 0.667. The molecular weight excluding hydrogens is 677 g/mol. The molecule has 12 atom stereocenters. The van der Waals surface area contributed by atoms with Gasteiger partial charge in [-0.25, -0.2) is 0 Å². The Kier molecular flexibility index (Phi) is 10.3. The highest BCUT2D eigenvalue weighted by Crippen LogP contribution is 2.55. The molecular formula is C54H72N2. The van der Waals surface area contributed by atoms with Crippen LogP contribution < -0.4 is 0 Å². The molecule has 298 valence electrons. The van der Waals surface area contributed by atoms with Gasteiger partial charge in [0.25, 0.3) is 0 Å². The summed E-state index contributed by atoms with van der Waals surface area (Å²) in [5.41, 5.74) is 8.76. The van der Waals surface area contributed by atoms with Crippen LogP contribution >= 0.6 is 0 Å². The molecule has 2 nitrogen and oxygen atoms in total. The molecule has 2 heteroatoms. The van der Waals surface area contributed by atoms with Crippen molar-refractivity contribution in [3.63, 3.8) is 0 Å². The van der Waals surface area contributed by atoms with Crippen molar-refractivity contribution in [3.05, 3.63) is 107 Å². The van der Waals surface area contributed by atoms with Gasteiger partial charge in [-0.05, 0) is 181 Å². The Bertz CT molecular complexity index is 1750. The van der Waals surface area contributed by atoms with Gasteiger partial charge in [0.2, 0.25) is 0 Å². The summed E-state index contributed by atoms with van der Waals surface area (Å²) in [5.74, 6) is 6.11. The Labute approximate surface area is 340 Å². The average Bonchev–Trinajstić information content (AvgIpc) is 3.79. The molecule has 0 aromatic heterocycles. The quantitative estimate of drug-likeness (QED) is 0.250. The van der Waals surface area contributed by atoms with E-state index in [2.05, 4.69) is 88.8 Å². The minimum absolute atomic E-state index is 0.535. The molecule has 0 radical (unpaired) electrons. The van der Waals surface area contributed by atoms with Gasteiger partial charge in [0.15, 0.2) is 0 Å². The summed E-state index contributed by atoms with van der Waals surface area (Å²) in [4.78, 5) is 6.21. The van der Waals surface area contributed by atoms with E-state index in [1.54, 1.807) is 16.8 Å². The maximum absolute atomic E-state index is 3.18. The SMILES string of the molecule is C1=CCC(C2=CC3C4C=C(C5CCC6C(C5)C5C=CCCC5N6C5CC=C(C6CC=CCC6)CC5)CCC4N(C4=CC(C5CCCCC5)=CCC4)C3C=C2)CC1. The Hall–Kier alpha value is -2.58. The lowest BCUT2D eigenvalue weighted by Gasteiger charge is -2.44. The zero-order valence-electron chi connectivity index (χ0n) is 34.7. The molecule has 0 amide bonds. The third-order valence-corrected chi connectivity index (χ3v) is 17.9. The fourth-order valence-corrected chi connectivity index (χ4v) is 15.3. The van der Waals surface area contributed by atoms with E-state index in [1.807, 2.05) is 11.1 Å². The van der Waals surface area contributed by atoms with Gasteiger partial charge < -0.3 is 4.90 Å². The second-order valence-electron chi connectivity index (χ2n) is 20.6. The number of hydrogen-bond acceptors (Lipinski definition) is 2. The lowest BCUT2D eigenvalue weighted by atomic mass is 9.67. The van der Waals surface area contributed by atoms with Crippen molar-refractivity contribution in [3.8, 4) is 0 Å². The molecule has 9 aliphatic carbocycles. The number of allylic oxidation sites excluding steroid dienone is 13. The van der Waals surface area contributed by atoms with Crippen LogP contribution in [0.25, 0.3) is 0 Å². The summed E-state index contributed by atoms with van der Waals surface area (Å²) in [6.07, 6.45) is 65.5. The molecule has 56 heavy (non-hydrogen) atoms. The first-order chi connectivity index (χ1) is 27.8. The van der Waals surface area contributed by atoms with Crippen molar-refractivity contribution >= 4 is 0 Å². The zero-order valence-corrected chi connectivity index (χ0v) is 34.7. The second kappa shape index (κ2) is 15.9. The van der Waals surface area contributed by atoms with Crippen molar-refractivity contribution in [1.82, 2.24) is 9.80 Å². The molecule has 11 rings (SSSR count). The number of nitrogens with zero attached hydrogens (tertiary/aromatic N) is 2. The van der Waals surface area contributed by atoms with Gasteiger partial charge in [-0.15, -0.1) is 0 Å². The lowest BCUT2D eigenvalue weighted by molar-refractivity contribution is 0.0782. The normalized spacial score (nSPS) is 42.5. The van der Waals surface area contributed by atoms with Crippen molar-refractivity contribution in [2.24, 2.45) is 47.3 Å². The molecule has 4 fully saturated rings. The highest BCUT2D eigenvalue weighted by atomic mass is 15.3. The van der Waals surface area contributed by atoms with Crippen molar-refractivity contribution in [1.29, 1.82) is 0 Å². The van der Waals surface area contributed by atoms with E-state index in [0.29, 0.717) is 23.9 Å². The first-order valence-electron chi connectivity index (χ1n) is 24.5. The molecule has 0 spiro atoms. The van der Waals surface area contributed by atoms with Crippen molar-refractivity contribution in [2.45, 2.75) is 178 Å². The predicted octanol–water partition coefficient (Wildman–Crippen LogP) is 13.3. The van der Waals surface area contributed by atoms with E-state index in [-0.39, 0.29) is 0 Å². The number of rotatable bonds is 6. The number of fused-ring (bicyclic) bond motifs is 6. The Morgan fingerprint density at radius 3 is 2.16 bits per heavy atom. The lowest BCUT2D eigenvalue weighted by Crippen LogP contribution is -2.47. The van der Waals surface area contributed by atoms with E-state index in [0.717, 1.165) is 53.6 Å². The van der Waals surface area contributed by atoms with Gasteiger partial charge in [0, 0.05) is 41.7 Å². The highest BCUT2D eigenvalue weighted by Gasteiger charge is 2.54. The Balaban J connectivity index is 0.850. The summed E-state index contributed by atoms with van der Waals surface area (Å²) >= 11 is 0. The van der Waals surface area contributed by atoms with Crippen LogP contribution in [0, 0.1) is 47.3 Å². The maximum atomic E-state index is 3.18. The van der Waals surface area contributed by atoms with E-state index < -0.39 is 0 Å². The van der Waals surface area contributed by atoms with Crippen LogP contribution in [-0.2, 0) is 0 Å². The summed E-state index contributed by atoms with van der Waals surface area (Å²) in [6, 6.07) is 3.58. The fourth-order valence-electron chi connectivity index (χ4n) is 15.3. The number of likely N-dealkylation sites (tertiary alicyclic amines) is 2. The molecule has 0 bridgehead atoms. The first-order valence-corrected chi connectivity index (χ1v) is 24.5. The molecule has 0 N–H and O–H groups in total. The second-order valence-corrected chi connectivity index (χ2v) is 20.6. The van der Waals surface area contributed by atoms with Crippen LogP contribution in [0.3, 0.4) is 0 Å². The van der Waals surface area contributed by atoms with Gasteiger partial charge in [0.05, 0.1) is 6.04 Å². The van der Waals surface area contributed by atoms with Crippen LogP contribution in [-0.4, -0.2) is 40.0 Å². The van der Waals surface area contributed by atoms with E-state index in [9.17, 15) is 0 Å². The Morgan fingerprint density at radius 2 is 1.34 bits per heavy atom. The minimum Gasteiger partial charge on any atom is -0.364 e. The maximum Gasteiger partial charge on any atom is 0.0545 e. The van der Waals surface area contributed by atoms with Gasteiger partial charge in [0.1, 0.15) is 0 Å². The third kappa shape index (κ3) is 6.72. The summed E-state index contributed by atoms with van der Waals surface area (Å²) in [7, 11) is 0. The van der Waals surface area contributed by atoms with E-state index in [1.165, 1.54) is 148 Å². The molecule has 12 unspecified atom stereocenters. The van der Waals surface area contributed by atoms with Crippen LogP contribution in [0.1, 0.15) is 148 Å². The molecule has 0 aromatic carbocycles. The summed E-state index contributed by atoms with van der Waals surface area (Å²) in [6.45, 7) is 0. The zero-order chi connectivity index (χ0) is 37.0. The molecule has 2 heterocycles. The van der Waals surface area contributed by atoms with Gasteiger partial charge in [-0.3, -0.25) is 4.90 Å². The third-order valence-electron chi connectivity index (χ3n) is 17.9. The van der Waals surface area contributed by atoms with Crippen LogP contribution in [0.5, 0.6) is 0 Å². The molecule has 2 saturated carbocycles. The smallest absolute Gasteiger partial charge is 0.0545 e.